The molecule has 1 heteroatoms. The number of unbranched alkanes of at least 4 members (excludes halogenated alkanes) is 3. The van der Waals surface area contributed by atoms with Gasteiger partial charge in [0, 0.05) is 0 Å². The quantitative estimate of drug-likeness (QED) is 0.227. The molecule has 0 atom stereocenters. The second-order valence-corrected chi connectivity index (χ2v) is 20.0. The molecular formula is C21H40Sn. The Bertz CT molecular complexity index is 334. The van der Waals surface area contributed by atoms with E-state index in [1.54, 1.807) is 13.3 Å². The van der Waals surface area contributed by atoms with E-state index in [9.17, 15) is 0 Å². The van der Waals surface area contributed by atoms with Gasteiger partial charge >= 0.3 is 145 Å². The molecule has 0 heterocycles. The van der Waals surface area contributed by atoms with E-state index in [1.807, 2.05) is 0 Å². The van der Waals surface area contributed by atoms with Crippen molar-refractivity contribution in [2.75, 3.05) is 0 Å². The zero-order chi connectivity index (χ0) is 16.8. The van der Waals surface area contributed by atoms with Gasteiger partial charge < -0.3 is 0 Å². The van der Waals surface area contributed by atoms with Gasteiger partial charge in [0.2, 0.25) is 0 Å². The summed E-state index contributed by atoms with van der Waals surface area (Å²) in [5, 5.41) is 0. The van der Waals surface area contributed by atoms with E-state index in [4.69, 9.17) is 0 Å². The van der Waals surface area contributed by atoms with Crippen molar-refractivity contribution in [2.45, 2.75) is 93.4 Å². The summed E-state index contributed by atoms with van der Waals surface area (Å²) in [7, 11) is 0. The monoisotopic (exact) mass is 412 g/mol. The average Bonchev–Trinajstić information content (AvgIpc) is 2.48. The van der Waals surface area contributed by atoms with Crippen LogP contribution in [0.4, 0.5) is 0 Å². The molecule has 0 N–H and O–H groups in total. The van der Waals surface area contributed by atoms with E-state index >= 15 is 0 Å². The second kappa shape index (κ2) is 13.5. The third-order valence-electron chi connectivity index (χ3n) is 4.41. The molecule has 0 aromatic carbocycles. The van der Waals surface area contributed by atoms with Gasteiger partial charge in [0.1, 0.15) is 0 Å². The first-order valence-electron chi connectivity index (χ1n) is 9.50. The van der Waals surface area contributed by atoms with Crippen molar-refractivity contribution >= 4 is 18.4 Å². The Balaban J connectivity index is 5.19. The van der Waals surface area contributed by atoms with Crippen molar-refractivity contribution in [2.24, 2.45) is 0 Å². The van der Waals surface area contributed by atoms with Gasteiger partial charge in [0.05, 0.1) is 0 Å². The first-order chi connectivity index (χ1) is 10.5. The minimum atomic E-state index is -2.08. The summed E-state index contributed by atoms with van der Waals surface area (Å²) in [4.78, 5) is 0. The Morgan fingerprint density at radius 2 is 1.23 bits per heavy atom. The summed E-state index contributed by atoms with van der Waals surface area (Å²) in [6, 6.07) is 0. The molecule has 128 valence electrons. The molecule has 0 aliphatic rings. The van der Waals surface area contributed by atoms with Gasteiger partial charge in [-0.2, -0.15) is 0 Å². The Kier molecular flexibility index (Phi) is 13.5. The van der Waals surface area contributed by atoms with Crippen LogP contribution >= 0.6 is 0 Å². The summed E-state index contributed by atoms with van der Waals surface area (Å²) in [6.45, 7) is 13.7. The van der Waals surface area contributed by atoms with Crippen LogP contribution in [0.3, 0.4) is 0 Å². The van der Waals surface area contributed by atoms with Crippen LogP contribution in [0.1, 0.15) is 80.1 Å². The molecule has 0 aliphatic carbocycles. The van der Waals surface area contributed by atoms with Gasteiger partial charge in [-0.15, -0.1) is 0 Å². The summed E-state index contributed by atoms with van der Waals surface area (Å²) in [5.74, 6) is 0. The van der Waals surface area contributed by atoms with Crippen LogP contribution < -0.4 is 0 Å². The van der Waals surface area contributed by atoms with Crippen molar-refractivity contribution in [3.63, 3.8) is 0 Å². The third-order valence-corrected chi connectivity index (χ3v) is 19.0. The van der Waals surface area contributed by atoms with Gasteiger partial charge in [0.15, 0.2) is 0 Å². The molecule has 0 bridgehead atoms. The van der Waals surface area contributed by atoms with E-state index in [-0.39, 0.29) is 0 Å². The zero-order valence-corrected chi connectivity index (χ0v) is 19.0. The second-order valence-electron chi connectivity index (χ2n) is 7.16. The standard InChI is InChI=1S/C9H13.3C4H9.Sn/c1-8(2)6-5-7-9(3)4;3*1-3-4-2;/h1,5-7H,2-4H3;3*1,3-4H2,2H3;/b6-5+,8-1?;;;;. The van der Waals surface area contributed by atoms with Crippen LogP contribution in [-0.2, 0) is 0 Å². The van der Waals surface area contributed by atoms with Crippen LogP contribution in [0, 0.1) is 0 Å². The zero-order valence-electron chi connectivity index (χ0n) is 16.2. The summed E-state index contributed by atoms with van der Waals surface area (Å²) in [6.07, 6.45) is 15.2. The van der Waals surface area contributed by atoms with Crippen molar-refractivity contribution in [1.29, 1.82) is 0 Å². The fourth-order valence-electron chi connectivity index (χ4n) is 3.10. The number of hydrogen-bond donors (Lipinski definition) is 0. The van der Waals surface area contributed by atoms with Gasteiger partial charge in [-0.3, -0.25) is 0 Å². The van der Waals surface area contributed by atoms with Gasteiger partial charge in [-0.1, -0.05) is 0 Å². The minimum absolute atomic E-state index is 1.36. The third kappa shape index (κ3) is 10.7. The van der Waals surface area contributed by atoms with Gasteiger partial charge in [0.25, 0.3) is 0 Å². The van der Waals surface area contributed by atoms with E-state index in [0.717, 1.165) is 0 Å². The van der Waals surface area contributed by atoms with E-state index < -0.39 is 18.4 Å². The van der Waals surface area contributed by atoms with E-state index in [1.165, 1.54) is 49.7 Å². The van der Waals surface area contributed by atoms with Crippen molar-refractivity contribution in [3.05, 3.63) is 33.5 Å². The van der Waals surface area contributed by atoms with E-state index in [0.29, 0.717) is 0 Å². The SMILES string of the molecule is CCC[CH2][Sn](/[CH]=C(C)/C=C/C=C(C)C)([CH2]CCC)[CH2]CCC. The number of hydrogen-bond acceptors (Lipinski definition) is 0. The Labute approximate surface area is 145 Å². The predicted octanol–water partition coefficient (Wildman–Crippen LogP) is 7.84. The number of rotatable bonds is 12. The molecule has 0 aromatic rings. The van der Waals surface area contributed by atoms with Crippen LogP contribution in [0.5, 0.6) is 0 Å². The molecule has 0 unspecified atom stereocenters. The maximum absolute atomic E-state index is 2.81. The van der Waals surface area contributed by atoms with Gasteiger partial charge in [-0.25, -0.2) is 0 Å². The molecular weight excluding hydrogens is 371 g/mol. The summed E-state index contributed by atoms with van der Waals surface area (Å²) in [5.41, 5.74) is 2.90. The molecule has 0 saturated carbocycles. The molecule has 0 amide bonds. The summed E-state index contributed by atoms with van der Waals surface area (Å²) >= 11 is -2.08. The Morgan fingerprint density at radius 1 is 0.773 bits per heavy atom. The average molecular weight is 411 g/mol. The molecule has 0 aliphatic heterocycles. The topological polar surface area (TPSA) is 0 Å². The molecule has 0 aromatic heterocycles. The molecule has 0 fully saturated rings. The van der Waals surface area contributed by atoms with Crippen molar-refractivity contribution in [3.8, 4) is 0 Å². The molecule has 0 saturated heterocycles. The molecule has 0 nitrogen and oxygen atoms in total. The fraction of sp³-hybridized carbons (Fsp3) is 0.714. The molecule has 0 radical (unpaired) electrons. The Morgan fingerprint density at radius 3 is 1.59 bits per heavy atom. The predicted molar refractivity (Wildman–Crippen MR) is 107 cm³/mol. The fourth-order valence-corrected chi connectivity index (χ4v) is 18.6. The number of allylic oxidation sites excluding steroid dienone is 5. The Hall–Kier alpha value is 0.0187. The van der Waals surface area contributed by atoms with Crippen LogP contribution in [-0.4, -0.2) is 18.4 Å². The van der Waals surface area contributed by atoms with Crippen molar-refractivity contribution < 1.29 is 0 Å². The first-order valence-corrected chi connectivity index (χ1v) is 17.2. The maximum atomic E-state index is 2.81. The van der Waals surface area contributed by atoms with Crippen LogP contribution in [0.2, 0.25) is 13.3 Å². The van der Waals surface area contributed by atoms with E-state index in [2.05, 4.69) is 63.9 Å². The molecule has 22 heavy (non-hydrogen) atoms. The van der Waals surface area contributed by atoms with Crippen molar-refractivity contribution in [1.82, 2.24) is 0 Å². The normalized spacial score (nSPS) is 12.9. The van der Waals surface area contributed by atoms with Crippen LogP contribution in [0.25, 0.3) is 0 Å². The first kappa shape index (κ1) is 22.0. The molecule has 0 rings (SSSR count). The summed E-state index contributed by atoms with van der Waals surface area (Å²) < 4.78 is 7.52. The van der Waals surface area contributed by atoms with Crippen LogP contribution in [0.15, 0.2) is 33.5 Å². The molecule has 0 spiro atoms. The van der Waals surface area contributed by atoms with Gasteiger partial charge in [-0.05, 0) is 0 Å².